The lowest BCUT2D eigenvalue weighted by molar-refractivity contribution is -0.128. The molecular weight excluding hydrogens is 184 g/mol. The first-order valence-electron chi connectivity index (χ1n) is 4.41. The number of nitrogens with one attached hydrogen (secondary N) is 1. The van der Waals surface area contributed by atoms with Crippen LogP contribution in [0, 0.1) is 0 Å². The summed E-state index contributed by atoms with van der Waals surface area (Å²) in [6.07, 6.45) is 4.74. The lowest BCUT2D eigenvalue weighted by atomic mass is 10.2. The molecule has 4 heteroatoms. The topological polar surface area (TPSA) is 32.3 Å². The highest BCUT2D eigenvalue weighted by molar-refractivity contribution is 7.98. The molecule has 1 heterocycles. The van der Waals surface area contributed by atoms with Crippen LogP contribution < -0.4 is 5.32 Å². The van der Waals surface area contributed by atoms with Crippen LogP contribution in [0.15, 0.2) is 12.7 Å². The summed E-state index contributed by atoms with van der Waals surface area (Å²) in [6.45, 7) is 4.94. The first-order chi connectivity index (χ1) is 6.29. The second kappa shape index (κ2) is 5.29. The summed E-state index contributed by atoms with van der Waals surface area (Å²) in [5, 5.41) is 3.19. The van der Waals surface area contributed by atoms with Crippen molar-refractivity contribution >= 4 is 17.7 Å². The van der Waals surface area contributed by atoms with Crippen LogP contribution in [-0.2, 0) is 4.79 Å². The summed E-state index contributed by atoms with van der Waals surface area (Å²) in [4.78, 5) is 13.4. The Bertz CT molecular complexity index is 196. The molecule has 74 valence electrons. The molecule has 1 aliphatic heterocycles. The zero-order chi connectivity index (χ0) is 9.68. The zero-order valence-electron chi connectivity index (χ0n) is 7.95. The number of carbonyl (C=O) groups is 1. The van der Waals surface area contributed by atoms with E-state index in [4.69, 9.17) is 0 Å². The van der Waals surface area contributed by atoms with E-state index in [2.05, 4.69) is 18.2 Å². The van der Waals surface area contributed by atoms with Crippen molar-refractivity contribution in [1.29, 1.82) is 0 Å². The number of rotatable bonds is 5. The molecule has 1 atom stereocenters. The molecule has 1 saturated heterocycles. The molecule has 1 N–H and O–H groups in total. The number of carbonyl (C=O) groups excluding carboxylic acids is 1. The molecule has 0 unspecified atom stereocenters. The summed E-state index contributed by atoms with van der Waals surface area (Å²) in [6, 6.07) is 0.0346. The van der Waals surface area contributed by atoms with Crippen LogP contribution in [0.1, 0.15) is 6.42 Å². The van der Waals surface area contributed by atoms with Gasteiger partial charge in [0.15, 0.2) is 0 Å². The molecule has 13 heavy (non-hydrogen) atoms. The van der Waals surface area contributed by atoms with Crippen LogP contribution in [-0.4, -0.2) is 42.1 Å². The summed E-state index contributed by atoms with van der Waals surface area (Å²) < 4.78 is 0. The molecule has 1 amide bonds. The van der Waals surface area contributed by atoms with Crippen molar-refractivity contribution in [2.45, 2.75) is 12.5 Å². The Kier molecular flexibility index (Phi) is 4.32. The van der Waals surface area contributed by atoms with Gasteiger partial charge in [0.25, 0.3) is 0 Å². The average molecular weight is 200 g/mol. The third-order valence-corrected chi connectivity index (χ3v) is 2.74. The van der Waals surface area contributed by atoms with Gasteiger partial charge in [0.05, 0.1) is 12.7 Å². The third-order valence-electron chi connectivity index (χ3n) is 2.10. The number of hydrogen-bond acceptors (Lipinski definition) is 3. The van der Waals surface area contributed by atoms with E-state index in [1.54, 1.807) is 22.7 Å². The highest BCUT2D eigenvalue weighted by Crippen LogP contribution is 2.09. The van der Waals surface area contributed by atoms with E-state index in [0.717, 1.165) is 12.2 Å². The summed E-state index contributed by atoms with van der Waals surface area (Å²) in [7, 11) is 0. The molecular formula is C9H16N2OS. The van der Waals surface area contributed by atoms with Crippen molar-refractivity contribution in [3.05, 3.63) is 12.7 Å². The van der Waals surface area contributed by atoms with Crippen LogP contribution in [0.4, 0.5) is 0 Å². The van der Waals surface area contributed by atoms with Crippen molar-refractivity contribution in [2.75, 3.05) is 25.2 Å². The normalized spacial score (nSPS) is 22.4. The number of hydrogen-bond donors (Lipinski definition) is 1. The van der Waals surface area contributed by atoms with E-state index < -0.39 is 0 Å². The van der Waals surface area contributed by atoms with Gasteiger partial charge in [-0.15, -0.1) is 6.58 Å². The minimum Gasteiger partial charge on any atom is -0.325 e. The molecule has 1 rings (SSSR count). The SMILES string of the molecule is C=CCN1CN[C@@H](CCSC)C1=O. The standard InChI is InChI=1S/C9H16N2OS/c1-3-5-11-7-10-8(9(11)12)4-6-13-2/h3,8,10H,1,4-7H2,2H3/t8-/m0/s1. The van der Waals surface area contributed by atoms with Gasteiger partial charge in [0.2, 0.25) is 5.91 Å². The maximum Gasteiger partial charge on any atom is 0.241 e. The van der Waals surface area contributed by atoms with E-state index in [1.807, 2.05) is 0 Å². The Morgan fingerprint density at radius 3 is 3.23 bits per heavy atom. The first-order valence-corrected chi connectivity index (χ1v) is 5.81. The van der Waals surface area contributed by atoms with Gasteiger partial charge >= 0.3 is 0 Å². The van der Waals surface area contributed by atoms with Gasteiger partial charge in [-0.1, -0.05) is 6.08 Å². The van der Waals surface area contributed by atoms with Gasteiger partial charge in [0, 0.05) is 6.54 Å². The molecule has 0 spiro atoms. The minimum atomic E-state index is 0.0346. The van der Waals surface area contributed by atoms with Gasteiger partial charge in [-0.3, -0.25) is 10.1 Å². The molecule has 0 aromatic carbocycles. The molecule has 0 saturated carbocycles. The molecule has 0 radical (unpaired) electrons. The summed E-state index contributed by atoms with van der Waals surface area (Å²) in [5.74, 6) is 1.25. The van der Waals surface area contributed by atoms with Crippen molar-refractivity contribution in [2.24, 2.45) is 0 Å². The summed E-state index contributed by atoms with van der Waals surface area (Å²) >= 11 is 1.77. The number of nitrogens with zero attached hydrogens (tertiary/aromatic N) is 1. The smallest absolute Gasteiger partial charge is 0.241 e. The maximum absolute atomic E-state index is 11.6. The van der Waals surface area contributed by atoms with Crippen molar-refractivity contribution in [3.63, 3.8) is 0 Å². The lowest BCUT2D eigenvalue weighted by Crippen LogP contribution is -2.31. The van der Waals surface area contributed by atoms with Gasteiger partial charge in [-0.25, -0.2) is 0 Å². The van der Waals surface area contributed by atoms with Gasteiger partial charge in [-0.05, 0) is 18.4 Å². The van der Waals surface area contributed by atoms with Gasteiger partial charge in [-0.2, -0.15) is 11.8 Å². The Morgan fingerprint density at radius 2 is 2.62 bits per heavy atom. The molecule has 0 aromatic rings. The Labute approximate surface area is 83.6 Å². The van der Waals surface area contributed by atoms with Gasteiger partial charge in [0.1, 0.15) is 0 Å². The first kappa shape index (κ1) is 10.6. The highest BCUT2D eigenvalue weighted by atomic mass is 32.2. The molecule has 0 bridgehead atoms. The van der Waals surface area contributed by atoms with Crippen LogP contribution >= 0.6 is 11.8 Å². The Hall–Kier alpha value is -0.480. The van der Waals surface area contributed by atoms with Crippen LogP contribution in [0.25, 0.3) is 0 Å². The largest absolute Gasteiger partial charge is 0.325 e. The van der Waals surface area contributed by atoms with Crippen LogP contribution in [0.3, 0.4) is 0 Å². The fourth-order valence-corrected chi connectivity index (χ4v) is 1.85. The van der Waals surface area contributed by atoms with Crippen molar-refractivity contribution in [1.82, 2.24) is 10.2 Å². The van der Waals surface area contributed by atoms with Gasteiger partial charge < -0.3 is 4.90 Å². The molecule has 3 nitrogen and oxygen atoms in total. The maximum atomic E-state index is 11.6. The predicted octanol–water partition coefficient (Wildman–Crippen LogP) is 0.683. The fourth-order valence-electron chi connectivity index (χ4n) is 1.38. The quantitative estimate of drug-likeness (QED) is 0.663. The van der Waals surface area contributed by atoms with Crippen LogP contribution in [0.5, 0.6) is 0 Å². The van der Waals surface area contributed by atoms with Crippen molar-refractivity contribution < 1.29 is 4.79 Å². The minimum absolute atomic E-state index is 0.0346. The average Bonchev–Trinajstić information content (AvgIpc) is 2.46. The van der Waals surface area contributed by atoms with Crippen molar-refractivity contribution in [3.8, 4) is 0 Å². The molecule has 1 fully saturated rings. The van der Waals surface area contributed by atoms with E-state index in [-0.39, 0.29) is 11.9 Å². The number of thioether (sulfide) groups is 1. The Balaban J connectivity index is 2.36. The second-order valence-corrected chi connectivity index (χ2v) is 4.03. The fraction of sp³-hybridized carbons (Fsp3) is 0.667. The zero-order valence-corrected chi connectivity index (χ0v) is 8.77. The second-order valence-electron chi connectivity index (χ2n) is 3.05. The number of amides is 1. The molecule has 1 aliphatic rings. The van der Waals surface area contributed by atoms with E-state index in [9.17, 15) is 4.79 Å². The predicted molar refractivity (Wildman–Crippen MR) is 56.7 cm³/mol. The Morgan fingerprint density at radius 1 is 1.85 bits per heavy atom. The molecule has 0 aliphatic carbocycles. The third kappa shape index (κ3) is 2.74. The van der Waals surface area contributed by atoms with E-state index in [0.29, 0.717) is 13.2 Å². The molecule has 0 aromatic heterocycles. The highest BCUT2D eigenvalue weighted by Gasteiger charge is 2.29. The van der Waals surface area contributed by atoms with E-state index in [1.165, 1.54) is 0 Å². The monoisotopic (exact) mass is 200 g/mol. The van der Waals surface area contributed by atoms with Crippen LogP contribution in [0.2, 0.25) is 0 Å². The van der Waals surface area contributed by atoms with E-state index >= 15 is 0 Å². The summed E-state index contributed by atoms with van der Waals surface area (Å²) in [5.41, 5.74) is 0. The lowest BCUT2D eigenvalue weighted by Gasteiger charge is -2.11.